The van der Waals surface area contributed by atoms with E-state index in [2.05, 4.69) is 0 Å². The molecule has 1 aliphatic heterocycles. The van der Waals surface area contributed by atoms with E-state index in [9.17, 15) is 9.59 Å². The molecule has 1 aliphatic rings. The number of benzene rings is 1. The lowest BCUT2D eigenvalue weighted by Crippen LogP contribution is -2.51. The van der Waals surface area contributed by atoms with Crippen molar-refractivity contribution < 1.29 is 9.59 Å². The zero-order chi connectivity index (χ0) is 15.2. The standard InChI is InChI=1S/C16H23N3O2/c17-9-5-1-2-8-15(20)19-11-13-7-4-3-6-12(13)10-14(19)16(18)21/h3-4,6-7,14H,1-2,5,8-11,17H2,(H2,18,21)/t14-/m0/s1. The van der Waals surface area contributed by atoms with Crippen LogP contribution in [0, 0.1) is 0 Å². The van der Waals surface area contributed by atoms with Crippen LogP contribution in [0.4, 0.5) is 0 Å². The number of fused-ring (bicyclic) bond motifs is 1. The first-order valence-electron chi connectivity index (χ1n) is 7.49. The van der Waals surface area contributed by atoms with Crippen LogP contribution in [0.5, 0.6) is 0 Å². The first kappa shape index (κ1) is 15.5. The Labute approximate surface area is 125 Å². The van der Waals surface area contributed by atoms with Gasteiger partial charge in [-0.3, -0.25) is 9.59 Å². The normalized spacial score (nSPS) is 17.4. The van der Waals surface area contributed by atoms with Crippen LogP contribution in [-0.2, 0) is 22.6 Å². The van der Waals surface area contributed by atoms with Crippen LogP contribution in [0.25, 0.3) is 0 Å². The molecule has 1 aromatic rings. The predicted octanol–water partition coefficient (Wildman–Crippen LogP) is 0.944. The van der Waals surface area contributed by atoms with Crippen molar-refractivity contribution in [2.24, 2.45) is 11.5 Å². The number of nitrogens with two attached hydrogens (primary N) is 2. The van der Waals surface area contributed by atoms with Crippen LogP contribution in [-0.4, -0.2) is 29.3 Å². The molecule has 1 atom stereocenters. The largest absolute Gasteiger partial charge is 0.368 e. The summed E-state index contributed by atoms with van der Waals surface area (Å²) < 4.78 is 0. The van der Waals surface area contributed by atoms with Gasteiger partial charge in [-0.2, -0.15) is 0 Å². The molecule has 5 heteroatoms. The molecule has 0 saturated carbocycles. The van der Waals surface area contributed by atoms with Crippen molar-refractivity contribution in [3.05, 3.63) is 35.4 Å². The van der Waals surface area contributed by atoms with E-state index < -0.39 is 11.9 Å². The molecular weight excluding hydrogens is 266 g/mol. The van der Waals surface area contributed by atoms with Crippen LogP contribution < -0.4 is 11.5 Å². The van der Waals surface area contributed by atoms with Gasteiger partial charge in [-0.05, 0) is 30.5 Å². The summed E-state index contributed by atoms with van der Waals surface area (Å²) in [5.41, 5.74) is 13.1. The van der Waals surface area contributed by atoms with Crippen molar-refractivity contribution in [3.63, 3.8) is 0 Å². The van der Waals surface area contributed by atoms with Crippen LogP contribution in [0.15, 0.2) is 24.3 Å². The third kappa shape index (κ3) is 3.82. The Bertz CT molecular complexity index is 516. The van der Waals surface area contributed by atoms with Gasteiger partial charge in [-0.25, -0.2) is 0 Å². The summed E-state index contributed by atoms with van der Waals surface area (Å²) in [7, 11) is 0. The van der Waals surface area contributed by atoms with Gasteiger partial charge in [0.2, 0.25) is 11.8 Å². The van der Waals surface area contributed by atoms with Gasteiger partial charge < -0.3 is 16.4 Å². The Balaban J connectivity index is 2.06. The molecule has 1 aromatic carbocycles. The second kappa shape index (κ2) is 7.22. The van der Waals surface area contributed by atoms with Crippen molar-refractivity contribution in [1.29, 1.82) is 0 Å². The van der Waals surface area contributed by atoms with E-state index in [0.717, 1.165) is 30.4 Å². The monoisotopic (exact) mass is 289 g/mol. The number of amides is 2. The fraction of sp³-hybridized carbons (Fsp3) is 0.500. The molecule has 5 nitrogen and oxygen atoms in total. The molecule has 0 fully saturated rings. The minimum Gasteiger partial charge on any atom is -0.368 e. The highest BCUT2D eigenvalue weighted by molar-refractivity contribution is 5.87. The quantitative estimate of drug-likeness (QED) is 0.764. The van der Waals surface area contributed by atoms with Gasteiger partial charge in [0.25, 0.3) is 0 Å². The Morgan fingerprint density at radius 2 is 1.86 bits per heavy atom. The molecule has 2 rings (SSSR count). The molecule has 0 aliphatic carbocycles. The molecule has 0 radical (unpaired) electrons. The van der Waals surface area contributed by atoms with Crippen LogP contribution in [0.2, 0.25) is 0 Å². The van der Waals surface area contributed by atoms with Crippen molar-refractivity contribution >= 4 is 11.8 Å². The first-order valence-corrected chi connectivity index (χ1v) is 7.49. The van der Waals surface area contributed by atoms with Gasteiger partial charge in [0.05, 0.1) is 0 Å². The Kier molecular flexibility index (Phi) is 5.33. The maximum atomic E-state index is 12.4. The van der Waals surface area contributed by atoms with Crippen molar-refractivity contribution in [3.8, 4) is 0 Å². The lowest BCUT2D eigenvalue weighted by Gasteiger charge is -2.35. The van der Waals surface area contributed by atoms with Gasteiger partial charge in [-0.15, -0.1) is 0 Å². The highest BCUT2D eigenvalue weighted by atomic mass is 16.2. The lowest BCUT2D eigenvalue weighted by atomic mass is 9.93. The zero-order valence-electron chi connectivity index (χ0n) is 12.3. The number of hydrogen-bond donors (Lipinski definition) is 2. The van der Waals surface area contributed by atoms with E-state index in [1.54, 1.807) is 4.90 Å². The zero-order valence-corrected chi connectivity index (χ0v) is 12.3. The van der Waals surface area contributed by atoms with E-state index in [-0.39, 0.29) is 5.91 Å². The number of carbonyl (C=O) groups excluding carboxylic acids is 2. The number of rotatable bonds is 6. The predicted molar refractivity (Wildman–Crippen MR) is 81.2 cm³/mol. The van der Waals surface area contributed by atoms with Crippen molar-refractivity contribution in [1.82, 2.24) is 4.90 Å². The molecule has 2 amide bonds. The smallest absolute Gasteiger partial charge is 0.240 e. The third-order valence-electron chi connectivity index (χ3n) is 3.99. The molecule has 0 spiro atoms. The molecule has 21 heavy (non-hydrogen) atoms. The second-order valence-electron chi connectivity index (χ2n) is 5.51. The topological polar surface area (TPSA) is 89.4 Å². The first-order chi connectivity index (χ1) is 10.1. The lowest BCUT2D eigenvalue weighted by molar-refractivity contribution is -0.140. The van der Waals surface area contributed by atoms with E-state index in [0.29, 0.717) is 25.9 Å². The highest BCUT2D eigenvalue weighted by Gasteiger charge is 2.32. The molecule has 0 bridgehead atoms. The van der Waals surface area contributed by atoms with E-state index in [4.69, 9.17) is 11.5 Å². The van der Waals surface area contributed by atoms with Crippen LogP contribution in [0.3, 0.4) is 0 Å². The SMILES string of the molecule is NCCCCCC(=O)N1Cc2ccccc2C[C@H]1C(N)=O. The summed E-state index contributed by atoms with van der Waals surface area (Å²) in [6.45, 7) is 1.12. The average Bonchev–Trinajstić information content (AvgIpc) is 2.50. The molecular formula is C16H23N3O2. The van der Waals surface area contributed by atoms with Crippen molar-refractivity contribution in [2.75, 3.05) is 6.54 Å². The van der Waals surface area contributed by atoms with E-state index >= 15 is 0 Å². The maximum absolute atomic E-state index is 12.4. The van der Waals surface area contributed by atoms with Crippen LogP contribution in [0.1, 0.15) is 36.8 Å². The third-order valence-corrected chi connectivity index (χ3v) is 3.99. The summed E-state index contributed by atoms with van der Waals surface area (Å²) in [6, 6.07) is 7.37. The summed E-state index contributed by atoms with van der Waals surface area (Å²) in [4.78, 5) is 25.7. The molecule has 1 heterocycles. The van der Waals surface area contributed by atoms with Gasteiger partial charge in [-0.1, -0.05) is 30.7 Å². The summed E-state index contributed by atoms with van der Waals surface area (Å²) in [6.07, 6.45) is 3.63. The molecule has 0 saturated heterocycles. The Hall–Kier alpha value is -1.88. The van der Waals surface area contributed by atoms with Gasteiger partial charge in [0, 0.05) is 19.4 Å². The minimum atomic E-state index is -0.526. The summed E-state index contributed by atoms with van der Waals surface area (Å²) in [5.74, 6) is -0.426. The fourth-order valence-corrected chi connectivity index (χ4v) is 2.78. The van der Waals surface area contributed by atoms with E-state index in [1.807, 2.05) is 24.3 Å². The maximum Gasteiger partial charge on any atom is 0.240 e. The molecule has 0 unspecified atom stereocenters. The molecule has 0 aromatic heterocycles. The number of nitrogens with zero attached hydrogens (tertiary/aromatic N) is 1. The molecule has 4 N–H and O–H groups in total. The number of primary amides is 1. The van der Waals surface area contributed by atoms with Crippen LogP contribution >= 0.6 is 0 Å². The van der Waals surface area contributed by atoms with Gasteiger partial charge in [0.15, 0.2) is 0 Å². The fourth-order valence-electron chi connectivity index (χ4n) is 2.78. The second-order valence-corrected chi connectivity index (χ2v) is 5.51. The Morgan fingerprint density at radius 1 is 1.14 bits per heavy atom. The Morgan fingerprint density at radius 3 is 2.52 bits per heavy atom. The summed E-state index contributed by atoms with van der Waals surface area (Å²) >= 11 is 0. The van der Waals surface area contributed by atoms with Crippen molar-refractivity contribution in [2.45, 2.75) is 44.7 Å². The van der Waals surface area contributed by atoms with E-state index in [1.165, 1.54) is 0 Å². The molecule has 114 valence electrons. The van der Waals surface area contributed by atoms with Gasteiger partial charge >= 0.3 is 0 Å². The average molecular weight is 289 g/mol. The number of unbranched alkanes of at least 4 members (excludes halogenated alkanes) is 2. The highest BCUT2D eigenvalue weighted by Crippen LogP contribution is 2.24. The van der Waals surface area contributed by atoms with Gasteiger partial charge in [0.1, 0.15) is 6.04 Å². The minimum absolute atomic E-state index is 0.00493. The number of hydrogen-bond acceptors (Lipinski definition) is 3. The summed E-state index contributed by atoms with van der Waals surface area (Å²) in [5, 5.41) is 0. The number of carbonyl (C=O) groups is 2.